The van der Waals surface area contributed by atoms with E-state index in [-0.39, 0.29) is 0 Å². The van der Waals surface area contributed by atoms with Gasteiger partial charge < -0.3 is 10.1 Å². The van der Waals surface area contributed by atoms with Crippen LogP contribution in [0.4, 0.5) is 0 Å². The highest BCUT2D eigenvalue weighted by Crippen LogP contribution is 2.57. The van der Waals surface area contributed by atoms with Crippen LogP contribution in [-0.2, 0) is 6.42 Å². The van der Waals surface area contributed by atoms with Gasteiger partial charge in [0.2, 0.25) is 0 Å². The standard InChI is InChI=1S/C17H24BrNO/c1-19-16(17-13-5-3-4-6-14(13)17)10-11-9-12(20-2)7-8-15(11)18/h7-9,13-14,16-17,19H,3-6,10H2,1-2H3. The molecule has 110 valence electrons. The van der Waals surface area contributed by atoms with E-state index in [0.717, 1.165) is 29.9 Å². The topological polar surface area (TPSA) is 21.3 Å². The van der Waals surface area contributed by atoms with Crippen LogP contribution in [0.3, 0.4) is 0 Å². The number of hydrogen-bond acceptors (Lipinski definition) is 2. The van der Waals surface area contributed by atoms with Gasteiger partial charge in [-0.3, -0.25) is 0 Å². The van der Waals surface area contributed by atoms with Crippen molar-refractivity contribution < 1.29 is 4.74 Å². The Bertz CT molecular complexity index is 464. The molecule has 3 heteroatoms. The number of fused-ring (bicyclic) bond motifs is 1. The quantitative estimate of drug-likeness (QED) is 0.875. The monoisotopic (exact) mass is 337 g/mol. The third kappa shape index (κ3) is 2.75. The molecule has 2 aliphatic rings. The fourth-order valence-corrected chi connectivity index (χ4v) is 4.56. The van der Waals surface area contributed by atoms with Crippen molar-refractivity contribution in [3.8, 4) is 5.75 Å². The summed E-state index contributed by atoms with van der Waals surface area (Å²) in [7, 11) is 3.85. The van der Waals surface area contributed by atoms with Crippen molar-refractivity contribution in [1.29, 1.82) is 0 Å². The normalized spacial score (nSPS) is 29.6. The second kappa shape index (κ2) is 6.07. The first-order valence-corrected chi connectivity index (χ1v) is 8.53. The molecule has 3 atom stereocenters. The van der Waals surface area contributed by atoms with E-state index in [4.69, 9.17) is 4.74 Å². The fraction of sp³-hybridized carbons (Fsp3) is 0.647. The van der Waals surface area contributed by atoms with Crippen LogP contribution in [-0.4, -0.2) is 20.2 Å². The minimum atomic E-state index is 0.603. The number of nitrogens with one attached hydrogen (secondary N) is 1. The summed E-state index contributed by atoms with van der Waals surface area (Å²) in [6.07, 6.45) is 6.87. The summed E-state index contributed by atoms with van der Waals surface area (Å²) < 4.78 is 6.55. The van der Waals surface area contributed by atoms with Gasteiger partial charge in [-0.25, -0.2) is 0 Å². The Labute approximate surface area is 130 Å². The van der Waals surface area contributed by atoms with Crippen LogP contribution in [0.15, 0.2) is 22.7 Å². The summed E-state index contributed by atoms with van der Waals surface area (Å²) in [5.41, 5.74) is 1.35. The average molecular weight is 338 g/mol. The maximum Gasteiger partial charge on any atom is 0.119 e. The van der Waals surface area contributed by atoms with E-state index in [2.05, 4.69) is 40.4 Å². The van der Waals surface area contributed by atoms with Crippen molar-refractivity contribution in [3.05, 3.63) is 28.2 Å². The first-order chi connectivity index (χ1) is 9.74. The molecule has 0 heterocycles. The van der Waals surface area contributed by atoms with E-state index in [0.29, 0.717) is 6.04 Å². The second-order valence-corrected chi connectivity index (χ2v) is 7.10. The lowest BCUT2D eigenvalue weighted by Gasteiger charge is -2.18. The van der Waals surface area contributed by atoms with E-state index in [1.807, 2.05) is 6.07 Å². The Morgan fingerprint density at radius 2 is 2.00 bits per heavy atom. The van der Waals surface area contributed by atoms with Gasteiger partial charge in [-0.05, 0) is 67.8 Å². The van der Waals surface area contributed by atoms with Gasteiger partial charge >= 0.3 is 0 Å². The second-order valence-electron chi connectivity index (χ2n) is 6.25. The number of benzene rings is 1. The van der Waals surface area contributed by atoms with Crippen molar-refractivity contribution in [3.63, 3.8) is 0 Å². The molecule has 20 heavy (non-hydrogen) atoms. The van der Waals surface area contributed by atoms with Crippen LogP contribution in [0.5, 0.6) is 5.75 Å². The molecule has 0 saturated heterocycles. The minimum Gasteiger partial charge on any atom is -0.497 e. The molecule has 0 amide bonds. The number of methoxy groups -OCH3 is 1. The Morgan fingerprint density at radius 1 is 1.30 bits per heavy atom. The number of halogens is 1. The SMILES string of the molecule is CNC(Cc1cc(OC)ccc1Br)C1C2CCCCC21. The number of likely N-dealkylation sites (N-methyl/N-ethyl adjacent to an activating group) is 1. The highest BCUT2D eigenvalue weighted by molar-refractivity contribution is 9.10. The molecule has 1 aromatic rings. The van der Waals surface area contributed by atoms with Crippen LogP contribution >= 0.6 is 15.9 Å². The molecular weight excluding hydrogens is 314 g/mol. The first kappa shape index (κ1) is 14.4. The zero-order valence-corrected chi connectivity index (χ0v) is 13.9. The molecule has 2 saturated carbocycles. The third-order valence-electron chi connectivity index (χ3n) is 5.25. The van der Waals surface area contributed by atoms with Crippen LogP contribution in [0.2, 0.25) is 0 Å². The van der Waals surface area contributed by atoms with Crippen molar-refractivity contribution >= 4 is 15.9 Å². The molecule has 0 radical (unpaired) electrons. The third-order valence-corrected chi connectivity index (χ3v) is 6.02. The molecule has 3 unspecified atom stereocenters. The predicted octanol–water partition coefficient (Wildman–Crippen LogP) is 4.02. The van der Waals surface area contributed by atoms with Gasteiger partial charge in [-0.2, -0.15) is 0 Å². The molecule has 2 fully saturated rings. The lowest BCUT2D eigenvalue weighted by atomic mass is 10.00. The van der Waals surface area contributed by atoms with E-state index < -0.39 is 0 Å². The first-order valence-electron chi connectivity index (χ1n) is 7.74. The lowest BCUT2D eigenvalue weighted by Crippen LogP contribution is -2.31. The van der Waals surface area contributed by atoms with Crippen LogP contribution < -0.4 is 10.1 Å². The maximum atomic E-state index is 5.35. The number of ether oxygens (including phenoxy) is 1. The lowest BCUT2D eigenvalue weighted by molar-refractivity contribution is 0.412. The smallest absolute Gasteiger partial charge is 0.119 e. The molecule has 0 bridgehead atoms. The van der Waals surface area contributed by atoms with E-state index in [1.165, 1.54) is 35.7 Å². The number of hydrogen-bond donors (Lipinski definition) is 1. The molecule has 2 aliphatic carbocycles. The summed E-state index contributed by atoms with van der Waals surface area (Å²) >= 11 is 3.68. The van der Waals surface area contributed by atoms with Gasteiger partial charge in [0.1, 0.15) is 5.75 Å². The van der Waals surface area contributed by atoms with Crippen LogP contribution in [0.1, 0.15) is 31.2 Å². The summed E-state index contributed by atoms with van der Waals surface area (Å²) in [6.45, 7) is 0. The van der Waals surface area contributed by atoms with Gasteiger partial charge in [0.25, 0.3) is 0 Å². The summed E-state index contributed by atoms with van der Waals surface area (Å²) in [6, 6.07) is 6.88. The van der Waals surface area contributed by atoms with Gasteiger partial charge in [-0.1, -0.05) is 28.8 Å². The zero-order chi connectivity index (χ0) is 14.1. The highest BCUT2D eigenvalue weighted by atomic mass is 79.9. The van der Waals surface area contributed by atoms with Crippen molar-refractivity contribution in [1.82, 2.24) is 5.32 Å². The van der Waals surface area contributed by atoms with Gasteiger partial charge in [0.05, 0.1) is 7.11 Å². The molecule has 1 N–H and O–H groups in total. The molecule has 0 aromatic heterocycles. The summed E-state index contributed by atoms with van der Waals surface area (Å²) in [5, 5.41) is 3.57. The Balaban J connectivity index is 1.72. The summed E-state index contributed by atoms with van der Waals surface area (Å²) in [5.74, 6) is 3.82. The fourth-order valence-electron chi connectivity index (χ4n) is 4.15. The Morgan fingerprint density at radius 3 is 2.60 bits per heavy atom. The maximum absolute atomic E-state index is 5.35. The number of rotatable bonds is 5. The van der Waals surface area contributed by atoms with E-state index >= 15 is 0 Å². The molecule has 2 nitrogen and oxygen atoms in total. The largest absolute Gasteiger partial charge is 0.497 e. The summed E-state index contributed by atoms with van der Waals surface area (Å²) in [4.78, 5) is 0. The minimum absolute atomic E-state index is 0.603. The van der Waals surface area contributed by atoms with Gasteiger partial charge in [-0.15, -0.1) is 0 Å². The predicted molar refractivity (Wildman–Crippen MR) is 86.2 cm³/mol. The van der Waals surface area contributed by atoms with Crippen LogP contribution in [0.25, 0.3) is 0 Å². The average Bonchev–Trinajstić information content (AvgIpc) is 3.21. The van der Waals surface area contributed by atoms with Crippen molar-refractivity contribution in [2.45, 2.75) is 38.1 Å². The van der Waals surface area contributed by atoms with Crippen molar-refractivity contribution in [2.75, 3.05) is 14.2 Å². The van der Waals surface area contributed by atoms with Gasteiger partial charge in [0.15, 0.2) is 0 Å². The molecular formula is C17H24BrNO. The van der Waals surface area contributed by atoms with E-state index in [1.54, 1.807) is 7.11 Å². The highest BCUT2D eigenvalue weighted by Gasteiger charge is 2.53. The van der Waals surface area contributed by atoms with E-state index in [9.17, 15) is 0 Å². The van der Waals surface area contributed by atoms with Crippen LogP contribution in [0, 0.1) is 17.8 Å². The molecule has 0 spiro atoms. The molecule has 0 aliphatic heterocycles. The molecule has 1 aromatic carbocycles. The van der Waals surface area contributed by atoms with Crippen molar-refractivity contribution in [2.24, 2.45) is 17.8 Å². The zero-order valence-electron chi connectivity index (χ0n) is 12.4. The molecule has 3 rings (SSSR count). The Hall–Kier alpha value is -0.540. The van der Waals surface area contributed by atoms with Gasteiger partial charge in [0, 0.05) is 10.5 Å². The Kier molecular flexibility index (Phi) is 4.37.